The Morgan fingerprint density at radius 3 is 2.46 bits per heavy atom. The fourth-order valence-electron chi connectivity index (χ4n) is 8.11. The van der Waals surface area contributed by atoms with Gasteiger partial charge in [0, 0.05) is 111 Å². The van der Waals surface area contributed by atoms with Crippen molar-refractivity contribution in [3.05, 3.63) is 83.9 Å². The summed E-state index contributed by atoms with van der Waals surface area (Å²) in [5.74, 6) is 0.351. The number of likely N-dealkylation sites (tertiary alicyclic amines) is 1. The Hall–Kier alpha value is -4.54. The van der Waals surface area contributed by atoms with Crippen molar-refractivity contribution in [2.24, 2.45) is 18.7 Å². The first-order valence-corrected chi connectivity index (χ1v) is 17.4. The van der Waals surface area contributed by atoms with Crippen LogP contribution in [0.3, 0.4) is 0 Å². The van der Waals surface area contributed by atoms with E-state index in [4.69, 9.17) is 15.8 Å². The minimum Gasteiger partial charge on any atom is -0.372 e. The summed E-state index contributed by atoms with van der Waals surface area (Å²) in [6.07, 6.45) is 11.6. The molecule has 0 spiro atoms. The van der Waals surface area contributed by atoms with Crippen LogP contribution in [0.4, 0.5) is 5.69 Å². The summed E-state index contributed by atoms with van der Waals surface area (Å²) in [5, 5.41) is 12.1. The molecular formula is C38H45N9O. The lowest BCUT2D eigenvalue weighted by Crippen LogP contribution is -2.42. The maximum absolute atomic E-state index is 11.4. The lowest BCUT2D eigenvalue weighted by Gasteiger charge is -2.38. The van der Waals surface area contributed by atoms with Gasteiger partial charge in [-0.3, -0.25) is 19.1 Å². The highest BCUT2D eigenvalue weighted by molar-refractivity contribution is 5.97. The van der Waals surface area contributed by atoms with Crippen molar-refractivity contribution in [2.75, 3.05) is 51.2 Å². The second kappa shape index (κ2) is 12.8. The van der Waals surface area contributed by atoms with Crippen LogP contribution in [0.2, 0.25) is 0 Å². The zero-order valence-electron chi connectivity index (χ0n) is 28.1. The van der Waals surface area contributed by atoms with Gasteiger partial charge < -0.3 is 20.4 Å². The first kappa shape index (κ1) is 30.8. The van der Waals surface area contributed by atoms with Gasteiger partial charge in [-0.1, -0.05) is 18.2 Å². The third kappa shape index (κ3) is 5.99. The van der Waals surface area contributed by atoms with E-state index in [2.05, 4.69) is 55.8 Å². The van der Waals surface area contributed by atoms with Gasteiger partial charge in [-0.05, 0) is 74.4 Å². The van der Waals surface area contributed by atoms with Crippen LogP contribution < -0.4 is 10.6 Å². The number of carbonyl (C=O) groups is 1. The number of piperidine rings is 2. The quantitative estimate of drug-likeness (QED) is 0.262. The molecule has 3 aliphatic rings. The van der Waals surface area contributed by atoms with Crippen molar-refractivity contribution in [1.82, 2.24) is 34.3 Å². The maximum atomic E-state index is 11.4. The molecule has 0 atom stereocenters. The summed E-state index contributed by atoms with van der Waals surface area (Å²) in [5.41, 5.74) is 14.2. The number of carbonyl (C=O) groups excluding carboxylic acids is 1. The van der Waals surface area contributed by atoms with Gasteiger partial charge in [-0.25, -0.2) is 0 Å². The van der Waals surface area contributed by atoms with Crippen LogP contribution in [0.1, 0.15) is 53.3 Å². The number of fused-ring (bicyclic) bond motifs is 2. The molecule has 48 heavy (non-hydrogen) atoms. The Morgan fingerprint density at radius 2 is 1.73 bits per heavy atom. The Balaban J connectivity index is 0.955. The van der Waals surface area contributed by atoms with E-state index >= 15 is 0 Å². The molecule has 5 aromatic rings. The van der Waals surface area contributed by atoms with Crippen LogP contribution in [0.25, 0.3) is 33.3 Å². The highest BCUT2D eigenvalue weighted by atomic mass is 16.1. The number of primary amides is 1. The highest BCUT2D eigenvalue weighted by Crippen LogP contribution is 2.38. The van der Waals surface area contributed by atoms with Gasteiger partial charge in [0.15, 0.2) is 0 Å². The Bertz CT molecular complexity index is 1930. The first-order valence-electron chi connectivity index (χ1n) is 17.4. The number of likely N-dealkylation sites (N-methyl/N-ethyl adjacent to an activating group) is 1. The maximum Gasteiger partial charge on any atom is 0.248 e. The smallest absolute Gasteiger partial charge is 0.248 e. The summed E-state index contributed by atoms with van der Waals surface area (Å²) in [6.45, 7) is 7.53. The number of hydrogen-bond acceptors (Lipinski definition) is 7. The molecule has 0 saturated carbocycles. The minimum atomic E-state index is -0.372. The molecule has 10 heteroatoms. The number of pyridine rings is 1. The topological polar surface area (TPSA) is 101 Å². The molecule has 6 heterocycles. The molecule has 0 aliphatic carbocycles. The molecule has 10 nitrogen and oxygen atoms in total. The van der Waals surface area contributed by atoms with E-state index in [0.29, 0.717) is 11.6 Å². The zero-order chi connectivity index (χ0) is 32.8. The van der Waals surface area contributed by atoms with Crippen LogP contribution in [0.5, 0.6) is 0 Å². The van der Waals surface area contributed by atoms with Crippen LogP contribution in [-0.4, -0.2) is 86.6 Å². The lowest BCUT2D eigenvalue weighted by atomic mass is 9.94. The Labute approximate surface area is 282 Å². The molecule has 2 fully saturated rings. The van der Waals surface area contributed by atoms with Gasteiger partial charge >= 0.3 is 0 Å². The third-order valence-corrected chi connectivity index (χ3v) is 10.8. The summed E-state index contributed by atoms with van der Waals surface area (Å²) in [6, 6.07) is 16.9. The van der Waals surface area contributed by atoms with E-state index < -0.39 is 0 Å². The fraction of sp³-hybridized carbons (Fsp3) is 0.421. The van der Waals surface area contributed by atoms with Gasteiger partial charge in [0.1, 0.15) is 0 Å². The summed E-state index contributed by atoms with van der Waals surface area (Å²) >= 11 is 0. The predicted octanol–water partition coefficient (Wildman–Crippen LogP) is 5.14. The van der Waals surface area contributed by atoms with E-state index in [1.54, 1.807) is 0 Å². The number of rotatable bonds is 7. The largest absolute Gasteiger partial charge is 0.372 e. The number of nitrogens with two attached hydrogens (primary N) is 1. The molecule has 0 unspecified atom stereocenters. The standard InChI is InChI=1S/C38H45N9O/c1-43-15-14-36-34(25-43)37(32-5-3-4-28-20-35(40-22-33(28)32)29-21-41-44(2)24-29)42-47(36)31-12-16-45(17-13-31)23-26-10-18-46(19-11-26)30-8-6-27(7-9-30)38(39)48/h3-9,20-22,24,26,31H,10-19,23,25H2,1-2H3,(H2,39,48). The van der Waals surface area contributed by atoms with Crippen LogP contribution in [-0.2, 0) is 20.0 Å². The predicted molar refractivity (Wildman–Crippen MR) is 190 cm³/mol. The second-order valence-corrected chi connectivity index (χ2v) is 14.1. The number of aryl methyl sites for hydroxylation is 1. The van der Waals surface area contributed by atoms with E-state index in [-0.39, 0.29) is 5.91 Å². The molecule has 2 N–H and O–H groups in total. The molecule has 3 aromatic heterocycles. The summed E-state index contributed by atoms with van der Waals surface area (Å²) in [7, 11) is 4.15. The molecule has 248 valence electrons. The van der Waals surface area contributed by atoms with E-state index in [9.17, 15) is 4.79 Å². The van der Waals surface area contributed by atoms with Crippen molar-refractivity contribution in [1.29, 1.82) is 0 Å². The van der Waals surface area contributed by atoms with Gasteiger partial charge in [0.25, 0.3) is 0 Å². The summed E-state index contributed by atoms with van der Waals surface area (Å²) in [4.78, 5) is 23.9. The van der Waals surface area contributed by atoms with Crippen LogP contribution in [0, 0.1) is 5.92 Å². The molecule has 3 aliphatic heterocycles. The van der Waals surface area contributed by atoms with Crippen molar-refractivity contribution >= 4 is 22.4 Å². The third-order valence-electron chi connectivity index (χ3n) is 10.8. The Kier molecular flexibility index (Phi) is 8.22. The zero-order valence-corrected chi connectivity index (χ0v) is 28.1. The normalized spacial score (nSPS) is 18.4. The molecule has 0 radical (unpaired) electrons. The van der Waals surface area contributed by atoms with E-state index in [1.807, 2.05) is 54.6 Å². The molecule has 8 rings (SSSR count). The monoisotopic (exact) mass is 643 g/mol. The van der Waals surface area contributed by atoms with Crippen molar-refractivity contribution in [3.8, 4) is 22.5 Å². The number of anilines is 1. The number of hydrogen-bond donors (Lipinski definition) is 1. The number of benzene rings is 2. The average Bonchev–Trinajstić information content (AvgIpc) is 3.72. The number of nitrogens with zero attached hydrogens (tertiary/aromatic N) is 8. The van der Waals surface area contributed by atoms with Crippen molar-refractivity contribution in [2.45, 2.75) is 44.7 Å². The molecule has 0 bridgehead atoms. The number of aromatic nitrogens is 5. The highest BCUT2D eigenvalue weighted by Gasteiger charge is 2.31. The van der Waals surface area contributed by atoms with Gasteiger partial charge in [0.2, 0.25) is 5.91 Å². The SMILES string of the molecule is CN1CCc2c(c(-c3cccc4cc(-c5cnn(C)c5)ncc34)nn2C2CCN(CC3CCN(c4ccc(C(N)=O)cc4)CC3)CC2)C1. The Morgan fingerprint density at radius 1 is 0.938 bits per heavy atom. The summed E-state index contributed by atoms with van der Waals surface area (Å²) < 4.78 is 4.24. The van der Waals surface area contributed by atoms with Gasteiger partial charge in [0.05, 0.1) is 23.6 Å². The number of amides is 1. The van der Waals surface area contributed by atoms with Crippen LogP contribution >= 0.6 is 0 Å². The lowest BCUT2D eigenvalue weighted by molar-refractivity contribution is 0.100. The van der Waals surface area contributed by atoms with Gasteiger partial charge in [-0.15, -0.1) is 0 Å². The van der Waals surface area contributed by atoms with Gasteiger partial charge in [-0.2, -0.15) is 10.2 Å². The van der Waals surface area contributed by atoms with Crippen molar-refractivity contribution < 1.29 is 4.79 Å². The molecule has 2 saturated heterocycles. The second-order valence-electron chi connectivity index (χ2n) is 14.1. The van der Waals surface area contributed by atoms with E-state index in [0.717, 1.165) is 86.8 Å². The fourth-order valence-corrected chi connectivity index (χ4v) is 8.11. The van der Waals surface area contributed by atoms with E-state index in [1.165, 1.54) is 47.3 Å². The molecular weight excluding hydrogens is 598 g/mol. The van der Waals surface area contributed by atoms with Crippen LogP contribution in [0.15, 0.2) is 67.1 Å². The molecule has 1 amide bonds. The molecule has 2 aromatic carbocycles. The average molecular weight is 644 g/mol. The van der Waals surface area contributed by atoms with Crippen molar-refractivity contribution in [3.63, 3.8) is 0 Å². The minimum absolute atomic E-state index is 0.372. The first-order chi connectivity index (χ1) is 23.4.